The zero-order chi connectivity index (χ0) is 26.6. The summed E-state index contributed by atoms with van der Waals surface area (Å²) in [6.45, 7) is 0. The Morgan fingerprint density at radius 3 is 1.97 bits per heavy atom. The van der Waals surface area contributed by atoms with Gasteiger partial charge in [-0.2, -0.15) is 5.10 Å². The third-order valence-corrected chi connectivity index (χ3v) is 8.36. The van der Waals surface area contributed by atoms with Gasteiger partial charge >= 0.3 is 0 Å². The summed E-state index contributed by atoms with van der Waals surface area (Å²) >= 11 is 0. The average molecular weight is 512 g/mol. The van der Waals surface area contributed by atoms with Crippen molar-refractivity contribution < 1.29 is 14.4 Å². The van der Waals surface area contributed by atoms with Gasteiger partial charge in [0.25, 0.3) is 0 Å². The summed E-state index contributed by atoms with van der Waals surface area (Å²) in [7, 11) is 0. The van der Waals surface area contributed by atoms with E-state index < -0.39 is 17.3 Å². The Hall–Kier alpha value is -4.84. The molecule has 6 nitrogen and oxygen atoms in total. The molecule has 1 N–H and O–H groups in total. The van der Waals surface area contributed by atoms with Crippen molar-refractivity contribution in [3.05, 3.63) is 137 Å². The van der Waals surface area contributed by atoms with Gasteiger partial charge in [0, 0.05) is 12.1 Å². The Bertz CT molecular complexity index is 1600. The van der Waals surface area contributed by atoms with Crippen molar-refractivity contribution in [3.63, 3.8) is 0 Å². The lowest BCUT2D eigenvalue weighted by molar-refractivity contribution is -0.123. The van der Waals surface area contributed by atoms with Crippen LogP contribution in [0.4, 0.5) is 5.69 Å². The minimum Gasteiger partial charge on any atom is -0.274 e. The maximum atomic E-state index is 14.3. The SMILES string of the molecule is O=C(Cc1ccccc1)N/N=C\C12c3ccccc3C(c3ccccc31)[C@@H]1C(=O)N(c3ccccc3)C(=O)[C@H]12. The summed E-state index contributed by atoms with van der Waals surface area (Å²) in [4.78, 5) is 42.5. The summed E-state index contributed by atoms with van der Waals surface area (Å²) in [6, 6.07) is 34.6. The van der Waals surface area contributed by atoms with Gasteiger partial charge in [0.1, 0.15) is 0 Å². The van der Waals surface area contributed by atoms with Crippen molar-refractivity contribution >= 4 is 29.6 Å². The molecule has 4 aromatic carbocycles. The van der Waals surface area contributed by atoms with Gasteiger partial charge in [-0.1, -0.05) is 97.1 Å². The van der Waals surface area contributed by atoms with E-state index in [-0.39, 0.29) is 30.1 Å². The van der Waals surface area contributed by atoms with Gasteiger partial charge in [0.05, 0.1) is 29.4 Å². The number of hydrazone groups is 1. The first kappa shape index (κ1) is 23.3. The largest absolute Gasteiger partial charge is 0.274 e. The number of rotatable bonds is 5. The van der Waals surface area contributed by atoms with Crippen LogP contribution in [0.1, 0.15) is 33.7 Å². The molecule has 1 fully saturated rings. The molecule has 0 unspecified atom stereocenters. The van der Waals surface area contributed by atoms with Gasteiger partial charge in [-0.15, -0.1) is 0 Å². The average Bonchev–Trinajstić information content (AvgIpc) is 3.25. The van der Waals surface area contributed by atoms with Crippen molar-refractivity contribution in [2.45, 2.75) is 17.8 Å². The second-order valence-electron chi connectivity index (χ2n) is 10.3. The predicted molar refractivity (Wildman–Crippen MR) is 148 cm³/mol. The van der Waals surface area contributed by atoms with Crippen LogP contribution in [0, 0.1) is 11.8 Å². The molecule has 1 saturated heterocycles. The first-order chi connectivity index (χ1) is 19.1. The molecule has 0 radical (unpaired) electrons. The zero-order valence-electron chi connectivity index (χ0n) is 21.0. The van der Waals surface area contributed by atoms with Gasteiger partial charge in [-0.25, -0.2) is 10.3 Å². The van der Waals surface area contributed by atoms with E-state index in [1.807, 2.05) is 97.1 Å². The Labute approximate surface area is 226 Å². The van der Waals surface area contributed by atoms with E-state index in [1.54, 1.807) is 18.3 Å². The molecular weight excluding hydrogens is 486 g/mol. The van der Waals surface area contributed by atoms with Crippen LogP contribution < -0.4 is 10.3 Å². The van der Waals surface area contributed by atoms with Crippen LogP contribution in [-0.4, -0.2) is 23.9 Å². The van der Waals surface area contributed by atoms with Crippen molar-refractivity contribution in [2.24, 2.45) is 16.9 Å². The molecular formula is C33H25N3O3. The van der Waals surface area contributed by atoms with Crippen LogP contribution in [0.25, 0.3) is 0 Å². The number of para-hydroxylation sites is 1. The number of carbonyl (C=O) groups is 3. The standard InChI is InChI=1S/C33H25N3O3/c37-27(19-21-11-3-1-4-12-21)35-34-20-33-25-17-9-7-15-23(25)28(24-16-8-10-18-26(24)33)29-30(33)32(39)36(31(29)38)22-13-5-2-6-14-22/h1-18,20,28-30H,19H2,(H,35,37)/b34-20-/t28?,29-,30-,33?/m0/s1. The molecule has 8 rings (SSSR count). The molecule has 2 bridgehead atoms. The van der Waals surface area contributed by atoms with Crippen LogP contribution >= 0.6 is 0 Å². The minimum absolute atomic E-state index is 0.186. The number of amides is 3. The smallest absolute Gasteiger partial charge is 0.244 e. The second kappa shape index (κ2) is 8.88. The fraction of sp³-hybridized carbons (Fsp3) is 0.152. The number of nitrogens with one attached hydrogen (secondary N) is 1. The highest BCUT2D eigenvalue weighted by Crippen LogP contribution is 2.63. The van der Waals surface area contributed by atoms with Crippen molar-refractivity contribution in [1.29, 1.82) is 0 Å². The summed E-state index contributed by atoms with van der Waals surface area (Å²) < 4.78 is 0. The Kier molecular flexibility index (Phi) is 5.30. The third-order valence-electron chi connectivity index (χ3n) is 8.36. The molecule has 2 atom stereocenters. The van der Waals surface area contributed by atoms with Gasteiger partial charge in [0.15, 0.2) is 0 Å². The highest BCUT2D eigenvalue weighted by molar-refractivity contribution is 6.25. The first-order valence-corrected chi connectivity index (χ1v) is 13.1. The van der Waals surface area contributed by atoms with E-state index in [4.69, 9.17) is 0 Å². The zero-order valence-corrected chi connectivity index (χ0v) is 21.0. The molecule has 0 saturated carbocycles. The Balaban J connectivity index is 1.37. The lowest BCUT2D eigenvalue weighted by Gasteiger charge is -2.52. The number of carbonyl (C=O) groups excluding carboxylic acids is 3. The van der Waals surface area contributed by atoms with E-state index in [9.17, 15) is 14.4 Å². The molecule has 1 aliphatic heterocycles. The lowest BCUT2D eigenvalue weighted by atomic mass is 9.47. The molecule has 0 aromatic heterocycles. The van der Waals surface area contributed by atoms with Crippen LogP contribution in [-0.2, 0) is 26.2 Å². The number of benzene rings is 4. The van der Waals surface area contributed by atoms with Crippen molar-refractivity contribution in [3.8, 4) is 0 Å². The van der Waals surface area contributed by atoms with Crippen molar-refractivity contribution in [1.82, 2.24) is 5.43 Å². The van der Waals surface area contributed by atoms with Crippen LogP contribution in [0.15, 0.2) is 114 Å². The summed E-state index contributed by atoms with van der Waals surface area (Å²) in [5, 5.41) is 4.47. The highest BCUT2D eigenvalue weighted by Gasteiger charge is 2.68. The lowest BCUT2D eigenvalue weighted by Crippen LogP contribution is -2.54. The van der Waals surface area contributed by atoms with Gasteiger partial charge in [0.2, 0.25) is 17.7 Å². The Morgan fingerprint density at radius 2 is 1.33 bits per heavy atom. The van der Waals surface area contributed by atoms with Crippen molar-refractivity contribution in [2.75, 3.05) is 4.90 Å². The Morgan fingerprint density at radius 1 is 0.769 bits per heavy atom. The normalized spacial score (nSPS) is 24.4. The second-order valence-corrected chi connectivity index (χ2v) is 10.3. The van der Waals surface area contributed by atoms with E-state index >= 15 is 0 Å². The fourth-order valence-electron chi connectivity index (χ4n) is 6.91. The van der Waals surface area contributed by atoms with Crippen LogP contribution in [0.5, 0.6) is 0 Å². The molecule has 1 heterocycles. The van der Waals surface area contributed by atoms with E-state index in [2.05, 4.69) is 10.5 Å². The number of imide groups is 1. The summed E-state index contributed by atoms with van der Waals surface area (Å²) in [6.07, 6.45) is 1.88. The monoisotopic (exact) mass is 511 g/mol. The number of nitrogens with zero attached hydrogens (tertiary/aromatic N) is 2. The van der Waals surface area contributed by atoms with Crippen LogP contribution in [0.3, 0.4) is 0 Å². The van der Waals surface area contributed by atoms with Gasteiger partial charge in [-0.05, 0) is 39.9 Å². The molecule has 39 heavy (non-hydrogen) atoms. The molecule has 4 aromatic rings. The minimum atomic E-state index is -1.01. The summed E-state index contributed by atoms with van der Waals surface area (Å²) in [5.74, 6) is -2.20. The van der Waals surface area contributed by atoms with E-state index in [1.165, 1.54) is 4.90 Å². The van der Waals surface area contributed by atoms with E-state index in [0.717, 1.165) is 27.8 Å². The maximum absolute atomic E-state index is 14.3. The summed E-state index contributed by atoms with van der Waals surface area (Å²) in [5.41, 5.74) is 7.07. The molecule has 4 aliphatic rings. The molecule has 0 spiro atoms. The topological polar surface area (TPSA) is 78.8 Å². The molecule has 3 amide bonds. The van der Waals surface area contributed by atoms with Crippen LogP contribution in [0.2, 0.25) is 0 Å². The predicted octanol–water partition coefficient (Wildman–Crippen LogP) is 4.58. The van der Waals surface area contributed by atoms with E-state index in [0.29, 0.717) is 5.69 Å². The maximum Gasteiger partial charge on any atom is 0.244 e. The fourth-order valence-corrected chi connectivity index (χ4v) is 6.91. The quantitative estimate of drug-likeness (QED) is 0.242. The van der Waals surface area contributed by atoms with Gasteiger partial charge < -0.3 is 0 Å². The molecule has 190 valence electrons. The number of hydrogen-bond donors (Lipinski definition) is 1. The number of hydrogen-bond acceptors (Lipinski definition) is 4. The third kappa shape index (κ3) is 3.34. The van der Waals surface area contributed by atoms with Gasteiger partial charge in [-0.3, -0.25) is 14.4 Å². The molecule has 6 heteroatoms. The number of anilines is 1. The highest BCUT2D eigenvalue weighted by atomic mass is 16.2. The first-order valence-electron chi connectivity index (χ1n) is 13.1. The molecule has 3 aliphatic carbocycles.